The number of nitrogens with one attached hydrogen (secondary N) is 1. The van der Waals surface area contributed by atoms with Gasteiger partial charge in [-0.2, -0.15) is 0 Å². The largest absolute Gasteiger partial charge is 0.334 e. The van der Waals surface area contributed by atoms with Gasteiger partial charge in [0.15, 0.2) is 0 Å². The molecule has 1 amide bonds. The van der Waals surface area contributed by atoms with Crippen LogP contribution >= 0.6 is 11.3 Å². The first-order chi connectivity index (χ1) is 9.54. The van der Waals surface area contributed by atoms with E-state index in [0.29, 0.717) is 0 Å². The first-order valence-corrected chi connectivity index (χ1v) is 8.34. The van der Waals surface area contributed by atoms with E-state index in [1.165, 1.54) is 4.88 Å². The molecule has 0 saturated carbocycles. The Labute approximate surface area is 125 Å². The number of nitrogens with zero attached hydrogens (tertiary/aromatic N) is 2. The minimum atomic E-state index is 0.000439. The lowest BCUT2D eigenvalue weighted by molar-refractivity contribution is -0.138. The highest BCUT2D eigenvalue weighted by Crippen LogP contribution is 2.31. The van der Waals surface area contributed by atoms with Crippen LogP contribution in [0.4, 0.5) is 0 Å². The van der Waals surface area contributed by atoms with Gasteiger partial charge in [0.05, 0.1) is 22.8 Å². The summed E-state index contributed by atoms with van der Waals surface area (Å²) in [5.41, 5.74) is 1.07. The fourth-order valence-corrected chi connectivity index (χ4v) is 3.86. The minimum Gasteiger partial charge on any atom is -0.334 e. The van der Waals surface area contributed by atoms with Gasteiger partial charge in [-0.05, 0) is 46.6 Å². The van der Waals surface area contributed by atoms with Crippen molar-refractivity contribution in [1.82, 2.24) is 15.2 Å². The van der Waals surface area contributed by atoms with Gasteiger partial charge in [0.2, 0.25) is 5.91 Å². The molecule has 1 aromatic heterocycles. The molecule has 1 N–H and O–H groups in total. The Morgan fingerprint density at radius 2 is 2.25 bits per heavy atom. The van der Waals surface area contributed by atoms with Crippen LogP contribution < -0.4 is 5.32 Å². The van der Waals surface area contributed by atoms with Crippen molar-refractivity contribution in [3.63, 3.8) is 0 Å². The van der Waals surface area contributed by atoms with E-state index < -0.39 is 0 Å². The summed E-state index contributed by atoms with van der Waals surface area (Å²) in [6.45, 7) is 10.1. The van der Waals surface area contributed by atoms with Crippen molar-refractivity contribution in [2.24, 2.45) is 0 Å². The van der Waals surface area contributed by atoms with Crippen molar-refractivity contribution in [3.8, 4) is 0 Å². The Morgan fingerprint density at radius 1 is 1.50 bits per heavy atom. The molecule has 0 aromatic carbocycles. The van der Waals surface area contributed by atoms with Gasteiger partial charge in [0, 0.05) is 11.4 Å². The molecule has 0 bridgehead atoms. The SMILES string of the molecule is CCCNC1CCCN(C(C)c2sc(C)nc2C)C1=O. The maximum absolute atomic E-state index is 12.6. The topological polar surface area (TPSA) is 45.2 Å². The van der Waals surface area contributed by atoms with Crippen LogP contribution in [0.15, 0.2) is 0 Å². The normalized spacial score (nSPS) is 21.3. The van der Waals surface area contributed by atoms with Crippen LogP contribution in [0, 0.1) is 13.8 Å². The second-order valence-corrected chi connectivity index (χ2v) is 6.77. The molecule has 1 aliphatic rings. The molecule has 1 aromatic rings. The summed E-state index contributed by atoms with van der Waals surface area (Å²) in [5, 5.41) is 4.45. The number of aryl methyl sites for hydroxylation is 2. The average molecular weight is 295 g/mol. The molecule has 2 unspecified atom stereocenters. The minimum absolute atomic E-state index is 0.000439. The smallest absolute Gasteiger partial charge is 0.240 e. The van der Waals surface area contributed by atoms with E-state index in [2.05, 4.69) is 24.1 Å². The Kier molecular flexibility index (Phi) is 5.16. The number of carbonyl (C=O) groups is 1. The highest BCUT2D eigenvalue weighted by atomic mass is 32.1. The third-order valence-corrected chi connectivity index (χ3v) is 5.14. The van der Waals surface area contributed by atoms with Crippen LogP contribution in [-0.2, 0) is 4.79 Å². The summed E-state index contributed by atoms with van der Waals surface area (Å²) in [5.74, 6) is 0.252. The van der Waals surface area contributed by atoms with Crippen LogP contribution in [0.3, 0.4) is 0 Å². The third-order valence-electron chi connectivity index (χ3n) is 3.90. The first kappa shape index (κ1) is 15.4. The molecule has 1 saturated heterocycles. The van der Waals surface area contributed by atoms with Crippen molar-refractivity contribution < 1.29 is 4.79 Å². The monoisotopic (exact) mass is 295 g/mol. The molecular weight excluding hydrogens is 270 g/mol. The number of thiazole rings is 1. The van der Waals surface area contributed by atoms with E-state index in [9.17, 15) is 4.79 Å². The predicted molar refractivity (Wildman–Crippen MR) is 83.0 cm³/mol. The lowest BCUT2D eigenvalue weighted by Gasteiger charge is -2.36. The Bertz CT molecular complexity index is 472. The van der Waals surface area contributed by atoms with Gasteiger partial charge < -0.3 is 10.2 Å². The van der Waals surface area contributed by atoms with Gasteiger partial charge in [-0.25, -0.2) is 4.98 Å². The Balaban J connectivity index is 2.10. The summed E-state index contributed by atoms with van der Waals surface area (Å²) in [4.78, 5) is 20.4. The number of piperidine rings is 1. The van der Waals surface area contributed by atoms with Gasteiger partial charge in [0.25, 0.3) is 0 Å². The van der Waals surface area contributed by atoms with Crippen LogP contribution in [-0.4, -0.2) is 34.9 Å². The van der Waals surface area contributed by atoms with Crippen molar-refractivity contribution in [2.75, 3.05) is 13.1 Å². The zero-order valence-electron chi connectivity index (χ0n) is 12.9. The highest BCUT2D eigenvalue weighted by molar-refractivity contribution is 7.11. The number of hydrogen-bond acceptors (Lipinski definition) is 4. The molecule has 112 valence electrons. The second kappa shape index (κ2) is 6.68. The molecule has 0 radical (unpaired) electrons. The molecule has 4 nitrogen and oxygen atoms in total. The van der Waals surface area contributed by atoms with Crippen LogP contribution in [0.1, 0.15) is 54.7 Å². The number of hydrogen-bond donors (Lipinski definition) is 1. The van der Waals surface area contributed by atoms with Gasteiger partial charge in [-0.15, -0.1) is 11.3 Å². The lowest BCUT2D eigenvalue weighted by Crippen LogP contribution is -2.51. The van der Waals surface area contributed by atoms with E-state index in [-0.39, 0.29) is 18.0 Å². The number of amides is 1. The maximum Gasteiger partial charge on any atom is 0.240 e. The van der Waals surface area contributed by atoms with E-state index in [0.717, 1.165) is 43.1 Å². The van der Waals surface area contributed by atoms with Crippen molar-refractivity contribution >= 4 is 17.2 Å². The zero-order chi connectivity index (χ0) is 14.7. The molecular formula is C15H25N3OS. The molecule has 2 heterocycles. The fraction of sp³-hybridized carbons (Fsp3) is 0.733. The summed E-state index contributed by atoms with van der Waals surface area (Å²) in [6.07, 6.45) is 3.10. The second-order valence-electron chi connectivity index (χ2n) is 5.54. The lowest BCUT2D eigenvalue weighted by atomic mass is 10.0. The summed E-state index contributed by atoms with van der Waals surface area (Å²) < 4.78 is 0. The summed E-state index contributed by atoms with van der Waals surface area (Å²) >= 11 is 1.71. The van der Waals surface area contributed by atoms with Gasteiger partial charge in [0.1, 0.15) is 0 Å². The molecule has 1 fully saturated rings. The van der Waals surface area contributed by atoms with Gasteiger partial charge >= 0.3 is 0 Å². The molecule has 1 aliphatic heterocycles. The fourth-order valence-electron chi connectivity index (χ4n) is 2.87. The van der Waals surface area contributed by atoms with Crippen LogP contribution in [0.2, 0.25) is 0 Å². The van der Waals surface area contributed by atoms with Crippen molar-refractivity contribution in [1.29, 1.82) is 0 Å². The summed E-state index contributed by atoms with van der Waals surface area (Å²) in [7, 11) is 0. The molecule has 0 aliphatic carbocycles. The summed E-state index contributed by atoms with van der Waals surface area (Å²) in [6, 6.07) is 0.139. The van der Waals surface area contributed by atoms with E-state index in [1.54, 1.807) is 11.3 Å². The van der Waals surface area contributed by atoms with Gasteiger partial charge in [-0.1, -0.05) is 6.92 Å². The van der Waals surface area contributed by atoms with Gasteiger partial charge in [-0.3, -0.25) is 4.79 Å². The molecule has 0 spiro atoms. The quantitative estimate of drug-likeness (QED) is 0.908. The van der Waals surface area contributed by atoms with Crippen LogP contribution in [0.25, 0.3) is 0 Å². The molecule has 2 atom stereocenters. The van der Waals surface area contributed by atoms with E-state index >= 15 is 0 Å². The first-order valence-electron chi connectivity index (χ1n) is 7.52. The Morgan fingerprint density at radius 3 is 2.85 bits per heavy atom. The predicted octanol–water partition coefficient (Wildman–Crippen LogP) is 2.81. The average Bonchev–Trinajstić information content (AvgIpc) is 2.76. The number of carbonyl (C=O) groups excluding carboxylic acids is 1. The maximum atomic E-state index is 12.6. The number of aromatic nitrogens is 1. The highest BCUT2D eigenvalue weighted by Gasteiger charge is 2.32. The zero-order valence-corrected chi connectivity index (χ0v) is 13.7. The van der Waals surface area contributed by atoms with Crippen molar-refractivity contribution in [3.05, 3.63) is 15.6 Å². The number of likely N-dealkylation sites (tertiary alicyclic amines) is 1. The van der Waals surface area contributed by atoms with E-state index in [4.69, 9.17) is 0 Å². The third kappa shape index (κ3) is 3.20. The van der Waals surface area contributed by atoms with Crippen LogP contribution in [0.5, 0.6) is 0 Å². The molecule has 5 heteroatoms. The Hall–Kier alpha value is -0.940. The standard InChI is InChI=1S/C15H25N3OS/c1-5-8-16-13-7-6-9-18(15(13)19)11(3)14-10(2)17-12(4)20-14/h11,13,16H,5-9H2,1-4H3. The molecule has 20 heavy (non-hydrogen) atoms. The number of rotatable bonds is 5. The van der Waals surface area contributed by atoms with Crippen molar-refractivity contribution in [2.45, 2.75) is 59.0 Å². The van der Waals surface area contributed by atoms with E-state index in [1.807, 2.05) is 18.7 Å². The molecule has 2 rings (SSSR count).